The van der Waals surface area contributed by atoms with Crippen LogP contribution in [0.15, 0.2) is 35.7 Å². The van der Waals surface area contributed by atoms with E-state index in [9.17, 15) is 5.11 Å². The fourth-order valence-corrected chi connectivity index (χ4v) is 2.15. The van der Waals surface area contributed by atoms with Gasteiger partial charge in [0, 0.05) is 17.5 Å². The summed E-state index contributed by atoms with van der Waals surface area (Å²) in [4.78, 5) is 4.34. The van der Waals surface area contributed by atoms with E-state index in [0.717, 1.165) is 10.6 Å². The average molecular weight is 220 g/mol. The summed E-state index contributed by atoms with van der Waals surface area (Å²) in [7, 11) is 0. The van der Waals surface area contributed by atoms with Crippen LogP contribution in [0.5, 0.6) is 0 Å². The molecule has 0 aliphatic heterocycles. The lowest BCUT2D eigenvalue weighted by Crippen LogP contribution is -2.11. The maximum absolute atomic E-state index is 9.51. The summed E-state index contributed by atoms with van der Waals surface area (Å²) < 4.78 is 0. The molecule has 0 bridgehead atoms. The predicted octanol–water partition coefficient (Wildman–Crippen LogP) is 1.80. The van der Waals surface area contributed by atoms with Gasteiger partial charge in [-0.15, -0.1) is 11.3 Å². The van der Waals surface area contributed by atoms with Crippen molar-refractivity contribution >= 4 is 11.3 Å². The summed E-state index contributed by atoms with van der Waals surface area (Å²) in [6, 6.07) is 9.90. The molecule has 1 unspecified atom stereocenters. The van der Waals surface area contributed by atoms with Gasteiger partial charge in [0.25, 0.3) is 0 Å². The van der Waals surface area contributed by atoms with Crippen LogP contribution in [0.3, 0.4) is 0 Å². The number of hydrogen-bond donors (Lipinski definition) is 2. The van der Waals surface area contributed by atoms with Gasteiger partial charge in [-0.25, -0.2) is 4.98 Å². The number of nitrogens with two attached hydrogens (primary N) is 1. The number of hydrogen-bond acceptors (Lipinski definition) is 4. The molecule has 1 atom stereocenters. The van der Waals surface area contributed by atoms with Gasteiger partial charge in [0.1, 0.15) is 11.1 Å². The van der Waals surface area contributed by atoms with Crippen LogP contribution in [0.4, 0.5) is 0 Å². The third kappa shape index (κ3) is 2.23. The Hall–Kier alpha value is -1.23. The van der Waals surface area contributed by atoms with Crippen molar-refractivity contribution in [3.63, 3.8) is 0 Å². The van der Waals surface area contributed by atoms with E-state index in [4.69, 9.17) is 5.73 Å². The van der Waals surface area contributed by atoms with E-state index in [2.05, 4.69) is 4.98 Å². The molecule has 15 heavy (non-hydrogen) atoms. The predicted molar refractivity (Wildman–Crippen MR) is 61.6 cm³/mol. The second-order valence-corrected chi connectivity index (χ2v) is 4.05. The standard InChI is InChI=1S/C11H12N2OS/c12-6-10(14)9-7-15-11(13-9)8-4-2-1-3-5-8/h1-5,7,10,14H,6,12H2. The lowest BCUT2D eigenvalue weighted by molar-refractivity contribution is 0.182. The third-order valence-corrected chi connectivity index (χ3v) is 3.02. The Kier molecular flexibility index (Phi) is 3.11. The van der Waals surface area contributed by atoms with E-state index >= 15 is 0 Å². The Labute approximate surface area is 92.2 Å². The molecule has 0 spiro atoms. The fraction of sp³-hybridized carbons (Fsp3) is 0.182. The summed E-state index contributed by atoms with van der Waals surface area (Å²) in [5.41, 5.74) is 7.09. The zero-order valence-electron chi connectivity index (χ0n) is 8.13. The van der Waals surface area contributed by atoms with Crippen LogP contribution in [0.1, 0.15) is 11.8 Å². The second kappa shape index (κ2) is 4.53. The third-order valence-electron chi connectivity index (χ3n) is 2.11. The number of aliphatic hydroxyl groups is 1. The molecule has 1 heterocycles. The molecule has 0 fully saturated rings. The van der Waals surface area contributed by atoms with E-state index in [0.29, 0.717) is 5.69 Å². The molecular formula is C11H12N2OS. The molecule has 0 aliphatic carbocycles. The number of benzene rings is 1. The summed E-state index contributed by atoms with van der Waals surface area (Å²) >= 11 is 1.52. The molecule has 0 saturated carbocycles. The lowest BCUT2D eigenvalue weighted by atomic mass is 10.2. The van der Waals surface area contributed by atoms with Crippen LogP contribution in [-0.4, -0.2) is 16.6 Å². The van der Waals surface area contributed by atoms with Crippen molar-refractivity contribution in [3.05, 3.63) is 41.4 Å². The monoisotopic (exact) mass is 220 g/mol. The summed E-state index contributed by atoms with van der Waals surface area (Å²) in [6.45, 7) is 0.206. The molecule has 3 nitrogen and oxygen atoms in total. The van der Waals surface area contributed by atoms with Crippen molar-refractivity contribution in [1.29, 1.82) is 0 Å². The Morgan fingerprint density at radius 1 is 1.33 bits per heavy atom. The van der Waals surface area contributed by atoms with Gasteiger partial charge in [-0.1, -0.05) is 30.3 Å². The molecule has 1 aromatic heterocycles. The van der Waals surface area contributed by atoms with Gasteiger partial charge >= 0.3 is 0 Å². The van der Waals surface area contributed by atoms with E-state index in [1.807, 2.05) is 35.7 Å². The molecule has 1 aromatic carbocycles. The normalized spacial score (nSPS) is 12.7. The van der Waals surface area contributed by atoms with Crippen LogP contribution in [0.2, 0.25) is 0 Å². The molecule has 4 heteroatoms. The van der Waals surface area contributed by atoms with Gasteiger partial charge in [-0.3, -0.25) is 0 Å². The van der Waals surface area contributed by atoms with Crippen molar-refractivity contribution in [2.75, 3.05) is 6.54 Å². The first-order valence-electron chi connectivity index (χ1n) is 4.70. The number of aromatic nitrogens is 1. The number of aliphatic hydroxyl groups excluding tert-OH is 1. The molecule has 78 valence electrons. The minimum absolute atomic E-state index is 0.206. The lowest BCUT2D eigenvalue weighted by Gasteiger charge is -2.01. The minimum atomic E-state index is -0.654. The van der Waals surface area contributed by atoms with Crippen LogP contribution in [-0.2, 0) is 0 Å². The Morgan fingerprint density at radius 2 is 2.07 bits per heavy atom. The first-order valence-corrected chi connectivity index (χ1v) is 5.58. The number of thiazole rings is 1. The van der Waals surface area contributed by atoms with Crippen molar-refractivity contribution in [1.82, 2.24) is 4.98 Å². The first-order chi connectivity index (χ1) is 7.31. The minimum Gasteiger partial charge on any atom is -0.385 e. The highest BCUT2D eigenvalue weighted by Gasteiger charge is 2.10. The highest BCUT2D eigenvalue weighted by molar-refractivity contribution is 7.13. The summed E-state index contributed by atoms with van der Waals surface area (Å²) in [5, 5.41) is 12.3. The highest BCUT2D eigenvalue weighted by atomic mass is 32.1. The van der Waals surface area contributed by atoms with Gasteiger partial charge in [0.15, 0.2) is 0 Å². The average Bonchev–Trinajstić information content (AvgIpc) is 2.78. The molecule has 3 N–H and O–H groups in total. The van der Waals surface area contributed by atoms with E-state index in [1.165, 1.54) is 11.3 Å². The van der Waals surface area contributed by atoms with Gasteiger partial charge in [0.05, 0.1) is 5.69 Å². The molecule has 2 rings (SSSR count). The maximum atomic E-state index is 9.51. The fourth-order valence-electron chi connectivity index (χ4n) is 1.27. The van der Waals surface area contributed by atoms with Crippen LogP contribution < -0.4 is 5.73 Å². The molecule has 0 saturated heterocycles. The Morgan fingerprint density at radius 3 is 2.73 bits per heavy atom. The second-order valence-electron chi connectivity index (χ2n) is 3.20. The van der Waals surface area contributed by atoms with E-state index < -0.39 is 6.10 Å². The van der Waals surface area contributed by atoms with Gasteiger partial charge in [-0.05, 0) is 0 Å². The Bertz CT molecular complexity index is 427. The summed E-state index contributed by atoms with van der Waals surface area (Å²) in [6.07, 6.45) is -0.654. The van der Waals surface area contributed by atoms with Crippen LogP contribution in [0.25, 0.3) is 10.6 Å². The van der Waals surface area contributed by atoms with Gasteiger partial charge in [0.2, 0.25) is 0 Å². The van der Waals surface area contributed by atoms with Crippen LogP contribution in [0, 0.1) is 0 Å². The zero-order valence-corrected chi connectivity index (χ0v) is 8.95. The quantitative estimate of drug-likeness (QED) is 0.829. The number of rotatable bonds is 3. The SMILES string of the molecule is NCC(O)c1csc(-c2ccccc2)n1. The van der Waals surface area contributed by atoms with E-state index in [-0.39, 0.29) is 6.54 Å². The smallest absolute Gasteiger partial charge is 0.123 e. The van der Waals surface area contributed by atoms with Crippen molar-refractivity contribution in [2.24, 2.45) is 5.73 Å². The van der Waals surface area contributed by atoms with E-state index in [1.54, 1.807) is 0 Å². The first kappa shape index (κ1) is 10.3. The molecule has 0 radical (unpaired) electrons. The molecular weight excluding hydrogens is 208 g/mol. The number of nitrogens with zero attached hydrogens (tertiary/aromatic N) is 1. The Balaban J connectivity index is 2.28. The van der Waals surface area contributed by atoms with Crippen molar-refractivity contribution in [3.8, 4) is 10.6 Å². The molecule has 0 amide bonds. The topological polar surface area (TPSA) is 59.1 Å². The van der Waals surface area contributed by atoms with Crippen molar-refractivity contribution in [2.45, 2.75) is 6.10 Å². The van der Waals surface area contributed by atoms with Gasteiger partial charge < -0.3 is 10.8 Å². The highest BCUT2D eigenvalue weighted by Crippen LogP contribution is 2.25. The largest absolute Gasteiger partial charge is 0.385 e. The van der Waals surface area contributed by atoms with Crippen LogP contribution >= 0.6 is 11.3 Å². The zero-order chi connectivity index (χ0) is 10.7. The maximum Gasteiger partial charge on any atom is 0.123 e. The van der Waals surface area contributed by atoms with Crippen molar-refractivity contribution < 1.29 is 5.11 Å². The van der Waals surface area contributed by atoms with Gasteiger partial charge in [-0.2, -0.15) is 0 Å². The summed E-state index contributed by atoms with van der Waals surface area (Å²) in [5.74, 6) is 0. The molecule has 2 aromatic rings. The molecule has 0 aliphatic rings.